The van der Waals surface area contributed by atoms with Crippen LogP contribution in [0.1, 0.15) is 52.4 Å². The van der Waals surface area contributed by atoms with Gasteiger partial charge in [-0.05, 0) is 32.8 Å². The van der Waals surface area contributed by atoms with Crippen LogP contribution < -0.4 is 10.2 Å². The summed E-state index contributed by atoms with van der Waals surface area (Å²) >= 11 is 0. The van der Waals surface area contributed by atoms with Crippen molar-refractivity contribution in [2.75, 3.05) is 23.3 Å². The van der Waals surface area contributed by atoms with Crippen LogP contribution in [-0.2, 0) is 17.4 Å². The number of piperidine rings is 1. The summed E-state index contributed by atoms with van der Waals surface area (Å²) < 4.78 is 14.4. The first-order valence-corrected chi connectivity index (χ1v) is 12.4. The van der Waals surface area contributed by atoms with Crippen molar-refractivity contribution in [2.45, 2.75) is 63.7 Å². The summed E-state index contributed by atoms with van der Waals surface area (Å²) in [6.07, 6.45) is 5.22. The molecule has 10 heteroatoms. The quantitative estimate of drug-likeness (QED) is 0.557. The van der Waals surface area contributed by atoms with Gasteiger partial charge in [-0.3, -0.25) is 4.21 Å². The second-order valence-corrected chi connectivity index (χ2v) is 10.9. The van der Waals surface area contributed by atoms with E-state index >= 15 is 0 Å². The monoisotopic (exact) mass is 457 g/mol. The second-order valence-electron chi connectivity index (χ2n) is 8.64. The number of rotatable bonds is 7. The smallest absolute Gasteiger partial charge is 0.227 e. The number of pyridine rings is 1. The van der Waals surface area contributed by atoms with Crippen LogP contribution in [-0.4, -0.2) is 57.4 Å². The molecule has 3 aromatic heterocycles. The molecule has 1 aliphatic rings. The van der Waals surface area contributed by atoms with Crippen LogP contribution in [0.2, 0.25) is 0 Å². The normalized spacial score (nSPS) is 16.3. The van der Waals surface area contributed by atoms with E-state index in [0.717, 1.165) is 37.0 Å². The van der Waals surface area contributed by atoms with Crippen LogP contribution in [0, 0.1) is 0 Å². The molecule has 1 atom stereocenters. The van der Waals surface area contributed by atoms with Gasteiger partial charge in [0.2, 0.25) is 5.95 Å². The van der Waals surface area contributed by atoms with Crippen LogP contribution in [0.25, 0.3) is 11.0 Å². The molecule has 0 aromatic carbocycles. The fraction of sp³-hybridized carbons (Fsp3) is 0.545. The fourth-order valence-corrected chi connectivity index (χ4v) is 5.62. The summed E-state index contributed by atoms with van der Waals surface area (Å²) in [5.74, 6) is 2.60. The number of nitrogens with one attached hydrogen (secondary N) is 1. The van der Waals surface area contributed by atoms with Crippen LogP contribution in [0.5, 0.6) is 0 Å². The maximum absolute atomic E-state index is 12.4. The molecule has 32 heavy (non-hydrogen) atoms. The Hall–Kier alpha value is -2.59. The maximum Gasteiger partial charge on any atom is 0.227 e. The fourth-order valence-electron chi connectivity index (χ4n) is 4.18. The van der Waals surface area contributed by atoms with Crippen LogP contribution in [0.3, 0.4) is 0 Å². The van der Waals surface area contributed by atoms with Crippen molar-refractivity contribution in [1.29, 1.82) is 0 Å². The first-order chi connectivity index (χ1) is 15.4. The van der Waals surface area contributed by atoms with E-state index in [-0.39, 0.29) is 23.1 Å². The Balaban J connectivity index is 1.50. The molecule has 4 rings (SSSR count). The molecule has 9 nitrogen and oxygen atoms in total. The van der Waals surface area contributed by atoms with E-state index in [1.807, 2.05) is 30.5 Å². The van der Waals surface area contributed by atoms with E-state index in [2.05, 4.69) is 44.0 Å². The van der Waals surface area contributed by atoms with Crippen molar-refractivity contribution in [3.8, 4) is 0 Å². The van der Waals surface area contributed by atoms with Crippen LogP contribution in [0.4, 0.5) is 17.6 Å². The summed E-state index contributed by atoms with van der Waals surface area (Å²) in [5.41, 5.74) is 1.66. The first-order valence-electron chi connectivity index (χ1n) is 11.1. The third-order valence-corrected chi connectivity index (χ3v) is 7.78. The van der Waals surface area contributed by atoms with E-state index in [1.165, 1.54) is 0 Å². The van der Waals surface area contributed by atoms with E-state index in [0.29, 0.717) is 23.4 Å². The van der Waals surface area contributed by atoms with E-state index in [4.69, 9.17) is 0 Å². The van der Waals surface area contributed by atoms with Gasteiger partial charge in [0.25, 0.3) is 0 Å². The lowest BCUT2D eigenvalue weighted by Gasteiger charge is -2.32. The lowest BCUT2D eigenvalue weighted by Crippen LogP contribution is -2.39. The minimum atomic E-state index is -0.788. The molecule has 3 aromatic rings. The highest BCUT2D eigenvalue weighted by molar-refractivity contribution is 7.86. The zero-order valence-corrected chi connectivity index (χ0v) is 19.8. The number of aliphatic hydroxyl groups is 1. The molecule has 0 spiro atoms. The van der Waals surface area contributed by atoms with Gasteiger partial charge in [-0.15, -0.1) is 0 Å². The third kappa shape index (κ3) is 4.61. The van der Waals surface area contributed by atoms with Crippen molar-refractivity contribution in [2.24, 2.45) is 0 Å². The predicted octanol–water partition coefficient (Wildman–Crippen LogP) is 3.16. The number of aliphatic hydroxyl groups excluding tert-OH is 1. The number of nitrogens with zero attached hydrogens (tertiary/aromatic N) is 6. The highest BCUT2D eigenvalue weighted by Gasteiger charge is 2.26. The SMILES string of the molecule is CC(C)n1c(CO)nc2cnc(Nc3ccnc(N4CCC(S(=O)C(C)C)CC4)n3)cc21. The molecule has 1 aliphatic heterocycles. The van der Waals surface area contributed by atoms with Gasteiger partial charge in [-0.2, -0.15) is 4.98 Å². The van der Waals surface area contributed by atoms with Crippen molar-refractivity contribution < 1.29 is 9.32 Å². The minimum Gasteiger partial charge on any atom is -0.388 e. The standard InChI is InChI=1S/C22H31N7O2S/c1-14(2)29-18-11-20(24-12-17(18)25-21(29)13-30)26-19-5-8-23-22(27-19)28-9-6-16(7-10-28)32(31)15(3)4/h5,8,11-12,14-16,30H,6-7,9-10,13H2,1-4H3,(H,23,24,26,27). The van der Waals surface area contributed by atoms with Crippen molar-refractivity contribution in [1.82, 2.24) is 24.5 Å². The van der Waals surface area contributed by atoms with Crippen LogP contribution in [0.15, 0.2) is 24.5 Å². The number of aromatic nitrogens is 5. The van der Waals surface area contributed by atoms with Gasteiger partial charge < -0.3 is 19.9 Å². The Morgan fingerprint density at radius 2 is 1.91 bits per heavy atom. The molecule has 1 fully saturated rings. The van der Waals surface area contributed by atoms with E-state index in [9.17, 15) is 9.32 Å². The average Bonchev–Trinajstić information content (AvgIpc) is 3.17. The number of hydrogen-bond donors (Lipinski definition) is 2. The molecular weight excluding hydrogens is 426 g/mol. The lowest BCUT2D eigenvalue weighted by molar-refractivity contribution is 0.263. The first kappa shape index (κ1) is 22.6. The van der Waals surface area contributed by atoms with E-state index < -0.39 is 10.8 Å². The van der Waals surface area contributed by atoms with Gasteiger partial charge in [0.1, 0.15) is 29.6 Å². The maximum atomic E-state index is 12.4. The molecule has 1 saturated heterocycles. The number of anilines is 3. The third-order valence-electron chi connectivity index (χ3n) is 5.72. The Bertz CT molecular complexity index is 1110. The minimum absolute atomic E-state index is 0.119. The Morgan fingerprint density at radius 1 is 1.16 bits per heavy atom. The topological polar surface area (TPSA) is 109 Å². The highest BCUT2D eigenvalue weighted by Crippen LogP contribution is 2.25. The van der Waals surface area contributed by atoms with Crippen molar-refractivity contribution >= 4 is 39.4 Å². The highest BCUT2D eigenvalue weighted by atomic mass is 32.2. The molecular formula is C22H31N7O2S. The molecule has 1 unspecified atom stereocenters. The van der Waals surface area contributed by atoms with Gasteiger partial charge >= 0.3 is 0 Å². The number of hydrogen-bond acceptors (Lipinski definition) is 8. The second kappa shape index (κ2) is 9.50. The Morgan fingerprint density at radius 3 is 2.56 bits per heavy atom. The number of imidazole rings is 1. The van der Waals surface area contributed by atoms with Gasteiger partial charge in [0, 0.05) is 52.7 Å². The molecule has 0 saturated carbocycles. The van der Waals surface area contributed by atoms with Gasteiger partial charge in [-0.25, -0.2) is 15.0 Å². The Kier molecular flexibility index (Phi) is 6.71. The van der Waals surface area contributed by atoms with Crippen LogP contribution >= 0.6 is 0 Å². The van der Waals surface area contributed by atoms with Crippen molar-refractivity contribution in [3.05, 3.63) is 30.4 Å². The largest absolute Gasteiger partial charge is 0.388 e. The summed E-state index contributed by atoms with van der Waals surface area (Å²) in [7, 11) is -0.788. The molecule has 0 amide bonds. The molecule has 4 heterocycles. The van der Waals surface area contributed by atoms with E-state index in [1.54, 1.807) is 12.4 Å². The summed E-state index contributed by atoms with van der Waals surface area (Å²) in [6.45, 7) is 9.64. The zero-order valence-electron chi connectivity index (χ0n) is 19.0. The molecule has 172 valence electrons. The van der Waals surface area contributed by atoms with Gasteiger partial charge in [0.15, 0.2) is 0 Å². The molecule has 0 bridgehead atoms. The predicted molar refractivity (Wildman–Crippen MR) is 128 cm³/mol. The lowest BCUT2D eigenvalue weighted by atomic mass is 10.1. The average molecular weight is 458 g/mol. The van der Waals surface area contributed by atoms with Gasteiger partial charge in [0.05, 0.1) is 11.7 Å². The molecule has 0 radical (unpaired) electrons. The number of fused-ring (bicyclic) bond motifs is 1. The van der Waals surface area contributed by atoms with Gasteiger partial charge in [-0.1, -0.05) is 13.8 Å². The zero-order chi connectivity index (χ0) is 22.8. The summed E-state index contributed by atoms with van der Waals surface area (Å²) in [5, 5.41) is 13.4. The van der Waals surface area contributed by atoms with Crippen molar-refractivity contribution in [3.63, 3.8) is 0 Å². The summed E-state index contributed by atoms with van der Waals surface area (Å²) in [4.78, 5) is 20.2. The molecule has 0 aliphatic carbocycles. The molecule has 2 N–H and O–H groups in total. The Labute approximate surface area is 190 Å². The summed E-state index contributed by atoms with van der Waals surface area (Å²) in [6, 6.07) is 3.90.